The molecule has 1 aliphatic heterocycles. The fraction of sp³-hybridized carbons (Fsp3) is 0.375. The van der Waals surface area contributed by atoms with Crippen molar-refractivity contribution in [2.24, 2.45) is 5.10 Å². The fourth-order valence-electron chi connectivity index (χ4n) is 4.25. The van der Waals surface area contributed by atoms with Crippen LogP contribution < -0.4 is 4.90 Å². The lowest BCUT2D eigenvalue weighted by atomic mass is 10.1. The summed E-state index contributed by atoms with van der Waals surface area (Å²) in [6.07, 6.45) is 7.98. The van der Waals surface area contributed by atoms with Gasteiger partial charge in [-0.05, 0) is 44.1 Å². The second-order valence-corrected chi connectivity index (χ2v) is 10.8. The summed E-state index contributed by atoms with van der Waals surface area (Å²) < 4.78 is 29.4. The molecule has 13 heteroatoms. The molecule has 37 heavy (non-hydrogen) atoms. The van der Waals surface area contributed by atoms with Crippen LogP contribution in [0.5, 0.6) is 0 Å². The van der Waals surface area contributed by atoms with Crippen LogP contribution in [0.3, 0.4) is 0 Å². The van der Waals surface area contributed by atoms with E-state index in [0.29, 0.717) is 28.9 Å². The molecule has 12 nitrogen and oxygen atoms in total. The van der Waals surface area contributed by atoms with E-state index < -0.39 is 14.9 Å². The first kappa shape index (κ1) is 26.1. The predicted octanol–water partition coefficient (Wildman–Crippen LogP) is 2.69. The van der Waals surface area contributed by atoms with Crippen molar-refractivity contribution in [2.75, 3.05) is 45.2 Å². The third-order valence-electron chi connectivity index (χ3n) is 6.43. The molecule has 0 atom stereocenters. The number of nitriles is 1. The SMILES string of the molecule is CN(CCN1CCCCC1)c1ccc([N+](=O)[O-])cc1S(=O)(=O)N(C)/N=C/c1cnn2ccc(C#N)cc12. The molecule has 1 aliphatic rings. The Labute approximate surface area is 215 Å². The van der Waals surface area contributed by atoms with Crippen LogP contribution in [0.1, 0.15) is 30.4 Å². The first-order valence-electron chi connectivity index (χ1n) is 11.8. The largest absolute Gasteiger partial charge is 0.372 e. The number of hydrogen-bond donors (Lipinski definition) is 0. The minimum absolute atomic E-state index is 0.200. The highest BCUT2D eigenvalue weighted by atomic mass is 32.2. The quantitative estimate of drug-likeness (QED) is 0.236. The zero-order valence-electron chi connectivity index (χ0n) is 20.7. The van der Waals surface area contributed by atoms with Crippen LogP contribution in [0.2, 0.25) is 0 Å². The number of aromatic nitrogens is 2. The van der Waals surface area contributed by atoms with E-state index in [4.69, 9.17) is 5.26 Å². The number of rotatable bonds is 9. The van der Waals surface area contributed by atoms with Crippen molar-refractivity contribution >= 4 is 33.1 Å². The van der Waals surface area contributed by atoms with Gasteiger partial charge in [0.2, 0.25) is 0 Å². The zero-order chi connectivity index (χ0) is 26.6. The highest BCUT2D eigenvalue weighted by Gasteiger charge is 2.28. The Morgan fingerprint density at radius 2 is 1.97 bits per heavy atom. The van der Waals surface area contributed by atoms with Crippen LogP contribution in [0.4, 0.5) is 11.4 Å². The third kappa shape index (κ3) is 5.71. The summed E-state index contributed by atoms with van der Waals surface area (Å²) in [6.45, 7) is 3.35. The maximum Gasteiger partial charge on any atom is 0.281 e. The number of sulfonamides is 1. The maximum atomic E-state index is 13.6. The number of anilines is 1. The summed E-state index contributed by atoms with van der Waals surface area (Å²) in [5.41, 5.74) is 1.56. The van der Waals surface area contributed by atoms with Gasteiger partial charge in [-0.2, -0.15) is 28.3 Å². The Hall–Kier alpha value is -4.02. The van der Waals surface area contributed by atoms with Crippen LogP contribution in [0.15, 0.2) is 52.7 Å². The number of benzene rings is 1. The van der Waals surface area contributed by atoms with E-state index in [1.807, 2.05) is 0 Å². The van der Waals surface area contributed by atoms with Crippen LogP contribution in [0.25, 0.3) is 5.52 Å². The van der Waals surface area contributed by atoms with Crippen LogP contribution in [0, 0.1) is 21.4 Å². The van der Waals surface area contributed by atoms with E-state index in [1.165, 1.54) is 38.0 Å². The number of nitro benzene ring substituents is 1. The number of non-ortho nitro benzene ring substituents is 1. The van der Waals surface area contributed by atoms with Crippen molar-refractivity contribution in [2.45, 2.75) is 24.2 Å². The molecule has 0 radical (unpaired) electrons. The van der Waals surface area contributed by atoms with E-state index in [2.05, 4.69) is 21.2 Å². The first-order valence-corrected chi connectivity index (χ1v) is 13.3. The van der Waals surface area contributed by atoms with Crippen molar-refractivity contribution in [3.63, 3.8) is 0 Å². The molecule has 3 aromatic rings. The number of likely N-dealkylation sites (tertiary alicyclic amines) is 1. The minimum atomic E-state index is -4.24. The van der Waals surface area contributed by atoms with E-state index in [-0.39, 0.29) is 10.6 Å². The average molecular weight is 525 g/mol. The van der Waals surface area contributed by atoms with Gasteiger partial charge in [0.05, 0.1) is 40.2 Å². The number of pyridine rings is 1. The molecule has 0 amide bonds. The van der Waals surface area contributed by atoms with Gasteiger partial charge in [-0.15, -0.1) is 0 Å². The number of fused-ring (bicyclic) bond motifs is 1. The van der Waals surface area contributed by atoms with Crippen molar-refractivity contribution in [1.82, 2.24) is 18.9 Å². The zero-order valence-corrected chi connectivity index (χ0v) is 21.5. The molecule has 2 aromatic heterocycles. The lowest BCUT2D eigenvalue weighted by Gasteiger charge is -2.30. The molecular formula is C24H28N8O4S. The number of nitrogens with zero attached hydrogens (tertiary/aromatic N) is 8. The van der Waals surface area contributed by atoms with Gasteiger partial charge in [-0.1, -0.05) is 6.42 Å². The van der Waals surface area contributed by atoms with Gasteiger partial charge in [-0.25, -0.2) is 4.52 Å². The van der Waals surface area contributed by atoms with E-state index in [0.717, 1.165) is 43.0 Å². The maximum absolute atomic E-state index is 13.6. The van der Waals surface area contributed by atoms with Gasteiger partial charge in [-0.3, -0.25) is 10.1 Å². The van der Waals surface area contributed by atoms with Gasteiger partial charge < -0.3 is 9.80 Å². The Bertz CT molecular complexity index is 1470. The van der Waals surface area contributed by atoms with Gasteiger partial charge in [0.1, 0.15) is 4.90 Å². The van der Waals surface area contributed by atoms with Crippen LogP contribution >= 0.6 is 0 Å². The molecule has 0 bridgehead atoms. The third-order valence-corrected chi connectivity index (χ3v) is 8.10. The summed E-state index contributed by atoms with van der Waals surface area (Å²) in [5, 5.41) is 28.9. The van der Waals surface area contributed by atoms with Crippen molar-refractivity contribution < 1.29 is 13.3 Å². The Morgan fingerprint density at radius 1 is 1.22 bits per heavy atom. The highest BCUT2D eigenvalue weighted by Crippen LogP contribution is 2.31. The Kier molecular flexibility index (Phi) is 7.70. The Balaban J connectivity index is 1.62. The Morgan fingerprint density at radius 3 is 2.68 bits per heavy atom. The molecule has 1 aromatic carbocycles. The molecule has 1 saturated heterocycles. The summed E-state index contributed by atoms with van der Waals surface area (Å²) in [4.78, 5) is 14.8. The average Bonchev–Trinajstić information content (AvgIpc) is 3.32. The molecule has 0 aliphatic carbocycles. The number of hydrogen-bond acceptors (Lipinski definition) is 9. The second-order valence-electron chi connectivity index (χ2n) is 8.87. The fourth-order valence-corrected chi connectivity index (χ4v) is 5.46. The summed E-state index contributed by atoms with van der Waals surface area (Å²) >= 11 is 0. The highest BCUT2D eigenvalue weighted by molar-refractivity contribution is 7.89. The molecule has 0 saturated carbocycles. The monoisotopic (exact) mass is 524 g/mol. The van der Waals surface area contributed by atoms with Gasteiger partial charge in [0, 0.05) is 51.1 Å². The number of piperidine rings is 1. The number of hydrazone groups is 1. The van der Waals surface area contributed by atoms with Crippen LogP contribution in [-0.4, -0.2) is 78.8 Å². The minimum Gasteiger partial charge on any atom is -0.372 e. The molecule has 0 unspecified atom stereocenters. The molecule has 0 N–H and O–H groups in total. The summed E-state index contributed by atoms with van der Waals surface area (Å²) in [6, 6.07) is 9.14. The molecule has 1 fully saturated rings. The van der Waals surface area contributed by atoms with Gasteiger partial charge >= 0.3 is 0 Å². The lowest BCUT2D eigenvalue weighted by molar-refractivity contribution is -0.385. The van der Waals surface area contributed by atoms with Gasteiger partial charge in [0.15, 0.2) is 0 Å². The van der Waals surface area contributed by atoms with E-state index >= 15 is 0 Å². The predicted molar refractivity (Wildman–Crippen MR) is 139 cm³/mol. The van der Waals surface area contributed by atoms with Gasteiger partial charge in [0.25, 0.3) is 15.7 Å². The molecule has 4 rings (SSSR count). The molecule has 0 spiro atoms. The van der Waals surface area contributed by atoms with Crippen molar-refractivity contribution in [1.29, 1.82) is 5.26 Å². The van der Waals surface area contributed by atoms with E-state index in [9.17, 15) is 18.5 Å². The summed E-state index contributed by atoms with van der Waals surface area (Å²) in [7, 11) is -1.19. The standard InChI is InChI=1S/C24H28N8O4S/c1-28(12-13-30-9-4-3-5-10-30)22-7-6-21(32(33)34)15-24(22)37(35,36)29(2)26-17-20-18-27-31-11-8-19(16-25)14-23(20)31/h6-8,11,14-15,17-18H,3-5,9-10,12-13H2,1-2H3/b26-17+. The topological polar surface area (TPSA) is 140 Å². The smallest absolute Gasteiger partial charge is 0.281 e. The van der Waals surface area contributed by atoms with Crippen molar-refractivity contribution in [3.8, 4) is 6.07 Å². The number of nitro groups is 1. The molecule has 3 heterocycles. The lowest BCUT2D eigenvalue weighted by Crippen LogP contribution is -2.37. The van der Waals surface area contributed by atoms with Crippen LogP contribution in [-0.2, 0) is 10.0 Å². The molecule has 194 valence electrons. The second kappa shape index (κ2) is 10.9. The first-order chi connectivity index (χ1) is 17.7. The molecular weight excluding hydrogens is 496 g/mol. The van der Waals surface area contributed by atoms with E-state index in [1.54, 1.807) is 34.8 Å². The normalized spacial score (nSPS) is 14.6. The van der Waals surface area contributed by atoms with Crippen molar-refractivity contribution in [3.05, 3.63) is 64.0 Å². The number of likely N-dealkylation sites (N-methyl/N-ethyl adjacent to an activating group) is 1. The summed E-state index contributed by atoms with van der Waals surface area (Å²) in [5.74, 6) is 0.